The first-order valence-electron chi connectivity index (χ1n) is 12.7. The first-order chi connectivity index (χ1) is 17.1. The summed E-state index contributed by atoms with van der Waals surface area (Å²) in [4.78, 5) is 39.2. The third-order valence-electron chi connectivity index (χ3n) is 6.89. The molecule has 0 spiro atoms. The van der Waals surface area contributed by atoms with Crippen LogP contribution in [0.1, 0.15) is 58.4 Å². The molecule has 0 heterocycles. The number of carbonyl (C=O) groups excluding carboxylic acids is 3. The number of ether oxygens (including phenoxy) is 1. The van der Waals surface area contributed by atoms with E-state index in [-0.39, 0.29) is 18.4 Å². The number of nitrogens with one attached hydrogen (secondary N) is 3. The van der Waals surface area contributed by atoms with Crippen LogP contribution in [-0.2, 0) is 25.5 Å². The van der Waals surface area contributed by atoms with Crippen molar-refractivity contribution >= 4 is 28.5 Å². The van der Waals surface area contributed by atoms with Gasteiger partial charge in [-0.15, -0.1) is 0 Å². The Morgan fingerprint density at radius 1 is 0.972 bits per heavy atom. The zero-order chi connectivity index (χ0) is 26.3. The van der Waals surface area contributed by atoms with Gasteiger partial charge < -0.3 is 15.4 Å². The summed E-state index contributed by atoms with van der Waals surface area (Å²) in [6.07, 6.45) is 3.49. The Morgan fingerprint density at radius 3 is 2.25 bits per heavy atom. The highest BCUT2D eigenvalue weighted by Crippen LogP contribution is 2.27. The Hall–Kier alpha value is -2.97. The molecule has 2 aromatic rings. The average molecular weight is 498 g/mol. The van der Waals surface area contributed by atoms with E-state index in [1.165, 1.54) is 7.05 Å². The molecule has 0 saturated heterocycles. The number of fused-ring (bicyclic) bond motifs is 1. The lowest BCUT2D eigenvalue weighted by atomic mass is 9.84. The normalized spacial score (nSPS) is 17.1. The van der Waals surface area contributed by atoms with Crippen LogP contribution >= 0.6 is 0 Å². The minimum absolute atomic E-state index is 0.176. The lowest BCUT2D eigenvalue weighted by Gasteiger charge is -2.34. The van der Waals surface area contributed by atoms with Gasteiger partial charge in [0, 0.05) is 7.05 Å². The van der Waals surface area contributed by atoms with E-state index in [1.54, 1.807) is 5.48 Å². The van der Waals surface area contributed by atoms with Crippen LogP contribution in [0.4, 0.5) is 0 Å². The van der Waals surface area contributed by atoms with Gasteiger partial charge in [0.25, 0.3) is 5.91 Å². The summed E-state index contributed by atoms with van der Waals surface area (Å²) in [5.41, 5.74) is 1.98. The highest BCUT2D eigenvalue weighted by Gasteiger charge is 2.40. The van der Waals surface area contributed by atoms with Crippen molar-refractivity contribution in [2.24, 2.45) is 11.3 Å². The first kappa shape index (κ1) is 27.6. The monoisotopic (exact) mass is 497 g/mol. The summed E-state index contributed by atoms with van der Waals surface area (Å²) in [5, 5.41) is 17.1. The van der Waals surface area contributed by atoms with E-state index in [4.69, 9.17) is 4.74 Å². The summed E-state index contributed by atoms with van der Waals surface area (Å²) in [5.74, 6) is -2.53. The molecule has 4 N–H and O–H groups in total. The summed E-state index contributed by atoms with van der Waals surface area (Å²) in [6, 6.07) is 13.0. The quantitative estimate of drug-likeness (QED) is 0.313. The van der Waals surface area contributed by atoms with Crippen molar-refractivity contribution in [3.05, 3.63) is 48.0 Å². The Balaban J connectivity index is 1.96. The third-order valence-corrected chi connectivity index (χ3v) is 6.89. The molecule has 0 bridgehead atoms. The van der Waals surface area contributed by atoms with Crippen molar-refractivity contribution in [1.82, 2.24) is 16.1 Å². The number of benzene rings is 2. The number of amides is 3. The highest BCUT2D eigenvalue weighted by atomic mass is 16.5. The van der Waals surface area contributed by atoms with Gasteiger partial charge in [-0.05, 0) is 41.0 Å². The lowest BCUT2D eigenvalue weighted by Crippen LogP contribution is -2.57. The topological polar surface area (TPSA) is 117 Å². The van der Waals surface area contributed by atoms with Gasteiger partial charge in [-0.1, -0.05) is 82.5 Å². The number of hydrogen-bond acceptors (Lipinski definition) is 5. The van der Waals surface area contributed by atoms with Gasteiger partial charge in [0.15, 0.2) is 6.10 Å². The highest BCUT2D eigenvalue weighted by molar-refractivity contribution is 5.93. The van der Waals surface area contributed by atoms with Crippen LogP contribution in [0.15, 0.2) is 42.5 Å². The summed E-state index contributed by atoms with van der Waals surface area (Å²) < 4.78 is 6.21. The van der Waals surface area contributed by atoms with Gasteiger partial charge in [-0.2, -0.15) is 0 Å². The van der Waals surface area contributed by atoms with Gasteiger partial charge in [-0.3, -0.25) is 19.6 Å². The maximum absolute atomic E-state index is 13.8. The number of hydroxylamine groups is 1. The molecule has 1 fully saturated rings. The van der Waals surface area contributed by atoms with Crippen molar-refractivity contribution < 1.29 is 24.3 Å². The molecule has 36 heavy (non-hydrogen) atoms. The minimum atomic E-state index is -1.21. The first-order valence-corrected chi connectivity index (χ1v) is 12.7. The van der Waals surface area contributed by atoms with Crippen LogP contribution in [-0.4, -0.2) is 48.2 Å². The van der Waals surface area contributed by atoms with E-state index in [9.17, 15) is 19.6 Å². The fraction of sp³-hybridized carbons (Fsp3) is 0.536. The molecule has 1 aliphatic carbocycles. The molecule has 0 aliphatic heterocycles. The Kier molecular flexibility index (Phi) is 9.45. The van der Waals surface area contributed by atoms with Crippen LogP contribution in [0.5, 0.6) is 0 Å². The second kappa shape index (κ2) is 12.3. The number of hydrogen-bond donors (Lipinski definition) is 4. The van der Waals surface area contributed by atoms with Crippen LogP contribution < -0.4 is 16.1 Å². The predicted octanol–water partition coefficient (Wildman–Crippen LogP) is 3.50. The van der Waals surface area contributed by atoms with Crippen molar-refractivity contribution in [2.45, 2.75) is 77.5 Å². The van der Waals surface area contributed by atoms with E-state index >= 15 is 0 Å². The molecular weight excluding hydrogens is 458 g/mol. The van der Waals surface area contributed by atoms with Gasteiger partial charge in [0.05, 0.1) is 12.0 Å². The molecule has 1 saturated carbocycles. The maximum atomic E-state index is 13.8. The summed E-state index contributed by atoms with van der Waals surface area (Å²) >= 11 is 0. The van der Waals surface area contributed by atoms with E-state index < -0.39 is 35.3 Å². The van der Waals surface area contributed by atoms with E-state index in [2.05, 4.69) is 10.6 Å². The molecular formula is C28H39N3O5. The molecule has 0 radical (unpaired) electrons. The molecule has 1 aliphatic rings. The van der Waals surface area contributed by atoms with Crippen molar-refractivity contribution in [3.63, 3.8) is 0 Å². The molecule has 3 unspecified atom stereocenters. The largest absolute Gasteiger partial charge is 0.364 e. The van der Waals surface area contributed by atoms with E-state index in [0.29, 0.717) is 0 Å². The van der Waals surface area contributed by atoms with E-state index in [0.717, 1.165) is 48.4 Å². The molecule has 8 heteroatoms. The Morgan fingerprint density at radius 2 is 1.64 bits per heavy atom. The molecule has 3 rings (SSSR count). The number of carbonyl (C=O) groups is 3. The van der Waals surface area contributed by atoms with Crippen LogP contribution in [0.25, 0.3) is 10.8 Å². The number of rotatable bonds is 9. The fourth-order valence-corrected chi connectivity index (χ4v) is 4.84. The zero-order valence-electron chi connectivity index (χ0n) is 21.7. The van der Waals surface area contributed by atoms with Gasteiger partial charge in [0.2, 0.25) is 11.8 Å². The second-order valence-corrected chi connectivity index (χ2v) is 10.7. The molecule has 0 aromatic heterocycles. The average Bonchev–Trinajstić information content (AvgIpc) is 2.88. The van der Waals surface area contributed by atoms with Crippen molar-refractivity contribution in [1.29, 1.82) is 0 Å². The summed E-state index contributed by atoms with van der Waals surface area (Å²) in [7, 11) is 1.52. The standard InChI is InChI=1S/C28H39N3O5/c1-28(2,3)24(27(34)29-4)30-25(32)22(17-18-14-15-19-10-8-9-11-20(19)16-18)23(26(33)31-35)36-21-12-6-5-7-13-21/h8-11,14-16,21-24,35H,5-7,12-13,17H2,1-4H3,(H,29,34)(H,30,32)(H,31,33). The summed E-state index contributed by atoms with van der Waals surface area (Å²) in [6.45, 7) is 5.59. The smallest absolute Gasteiger partial charge is 0.273 e. The van der Waals surface area contributed by atoms with Gasteiger partial charge in [-0.25, -0.2) is 5.48 Å². The molecule has 196 valence electrons. The molecule has 2 aromatic carbocycles. The minimum Gasteiger partial charge on any atom is -0.364 e. The zero-order valence-corrected chi connectivity index (χ0v) is 21.7. The third kappa shape index (κ3) is 7.04. The SMILES string of the molecule is CNC(=O)C(NC(=O)C(Cc1ccc2ccccc2c1)C(OC1CCCCC1)C(=O)NO)C(C)(C)C. The molecule has 3 atom stereocenters. The fourth-order valence-electron chi connectivity index (χ4n) is 4.84. The maximum Gasteiger partial charge on any atom is 0.273 e. The molecule has 8 nitrogen and oxygen atoms in total. The predicted molar refractivity (Wildman–Crippen MR) is 138 cm³/mol. The Labute approximate surface area is 213 Å². The van der Waals surface area contributed by atoms with Crippen LogP contribution in [0.2, 0.25) is 0 Å². The van der Waals surface area contributed by atoms with Crippen LogP contribution in [0.3, 0.4) is 0 Å². The Bertz CT molecular complexity index is 1060. The molecule has 3 amide bonds. The van der Waals surface area contributed by atoms with Gasteiger partial charge >= 0.3 is 0 Å². The van der Waals surface area contributed by atoms with Gasteiger partial charge in [0.1, 0.15) is 6.04 Å². The second-order valence-electron chi connectivity index (χ2n) is 10.7. The number of likely N-dealkylation sites (N-methyl/N-ethyl adjacent to an activating group) is 1. The van der Waals surface area contributed by atoms with Crippen molar-refractivity contribution in [2.75, 3.05) is 7.05 Å². The van der Waals surface area contributed by atoms with Crippen LogP contribution in [0, 0.1) is 11.3 Å². The van der Waals surface area contributed by atoms with E-state index in [1.807, 2.05) is 63.2 Å². The lowest BCUT2D eigenvalue weighted by molar-refractivity contribution is -0.157. The van der Waals surface area contributed by atoms with Crippen molar-refractivity contribution in [3.8, 4) is 0 Å².